The van der Waals surface area contributed by atoms with Gasteiger partial charge in [-0.1, -0.05) is 31.5 Å². The van der Waals surface area contributed by atoms with Gasteiger partial charge in [0.1, 0.15) is 17.5 Å². The van der Waals surface area contributed by atoms with Gasteiger partial charge in [0, 0.05) is 24.7 Å². The molecule has 0 fully saturated rings. The van der Waals surface area contributed by atoms with Gasteiger partial charge in [-0.2, -0.15) is 0 Å². The van der Waals surface area contributed by atoms with E-state index in [0.717, 1.165) is 21.2 Å². The molecule has 2 aromatic heterocycles. The number of aliphatic hydroxyl groups is 1. The number of allylic oxidation sites excluding steroid dienone is 2. The molecule has 0 spiro atoms. The SMILES string of the molecule is C#C/C(=C\CCl)Sc1c(C(C)C)nc(CO)n1Cc1ccncc1.CCl. The minimum atomic E-state index is -0.129. The summed E-state index contributed by atoms with van der Waals surface area (Å²) in [6.45, 7) is 4.62. The van der Waals surface area contributed by atoms with E-state index in [9.17, 15) is 5.11 Å². The number of hydrogen-bond donors (Lipinski definition) is 1. The highest BCUT2D eigenvalue weighted by atomic mass is 35.5. The van der Waals surface area contributed by atoms with Gasteiger partial charge in [0.15, 0.2) is 0 Å². The molecule has 2 rings (SSSR count). The molecule has 0 unspecified atom stereocenters. The molecule has 0 atom stereocenters. The van der Waals surface area contributed by atoms with Gasteiger partial charge in [-0.05, 0) is 29.7 Å². The average Bonchev–Trinajstić information content (AvgIpc) is 3.01. The van der Waals surface area contributed by atoms with Crippen LogP contribution >= 0.6 is 35.0 Å². The molecule has 26 heavy (non-hydrogen) atoms. The number of hydrogen-bond acceptors (Lipinski definition) is 4. The fourth-order valence-corrected chi connectivity index (χ4v) is 3.59. The first kappa shape index (κ1) is 22.6. The van der Waals surface area contributed by atoms with Gasteiger partial charge in [0.05, 0.1) is 17.1 Å². The molecule has 1 N–H and O–H groups in total. The molecule has 4 nitrogen and oxygen atoms in total. The Bertz CT molecular complexity index is 752. The first-order chi connectivity index (χ1) is 12.6. The average molecular weight is 412 g/mol. The van der Waals surface area contributed by atoms with Gasteiger partial charge in [0.25, 0.3) is 0 Å². The summed E-state index contributed by atoms with van der Waals surface area (Å²) in [5, 5.41) is 10.7. The summed E-state index contributed by atoms with van der Waals surface area (Å²) in [7, 11) is 0. The molecule has 0 aliphatic rings. The van der Waals surface area contributed by atoms with Crippen LogP contribution in [0.1, 0.15) is 36.8 Å². The van der Waals surface area contributed by atoms with E-state index < -0.39 is 0 Å². The summed E-state index contributed by atoms with van der Waals surface area (Å²) >= 11 is 11.9. The second-order valence-corrected chi connectivity index (χ2v) is 6.78. The molecule has 0 saturated carbocycles. The summed E-state index contributed by atoms with van der Waals surface area (Å²) in [5.41, 5.74) is 2.01. The Kier molecular flexibility index (Phi) is 10.5. The number of aromatic nitrogens is 3. The van der Waals surface area contributed by atoms with Crippen molar-refractivity contribution in [2.45, 2.75) is 37.9 Å². The maximum absolute atomic E-state index is 9.73. The number of halogens is 2. The van der Waals surface area contributed by atoms with Crippen LogP contribution < -0.4 is 0 Å². The Hall–Kier alpha value is -1.45. The molecule has 0 amide bonds. The monoisotopic (exact) mass is 411 g/mol. The molecule has 0 radical (unpaired) electrons. The molecular weight excluding hydrogens is 389 g/mol. The number of pyridine rings is 1. The fourth-order valence-electron chi connectivity index (χ4n) is 2.24. The van der Waals surface area contributed by atoms with Gasteiger partial charge in [-0.3, -0.25) is 4.98 Å². The lowest BCUT2D eigenvalue weighted by Gasteiger charge is -2.12. The Balaban J connectivity index is 0.00000163. The van der Waals surface area contributed by atoms with Gasteiger partial charge in [0.2, 0.25) is 0 Å². The van der Waals surface area contributed by atoms with Crippen molar-refractivity contribution in [3.63, 3.8) is 0 Å². The van der Waals surface area contributed by atoms with E-state index in [1.165, 1.54) is 18.1 Å². The zero-order valence-electron chi connectivity index (χ0n) is 15.1. The van der Waals surface area contributed by atoms with Crippen LogP contribution in [0.25, 0.3) is 0 Å². The predicted octanol–water partition coefficient (Wildman–Crippen LogP) is 4.65. The van der Waals surface area contributed by atoms with Crippen LogP contribution in [0.2, 0.25) is 0 Å². The number of aliphatic hydroxyl groups excluding tert-OH is 1. The molecule has 0 aromatic carbocycles. The van der Waals surface area contributed by atoms with Gasteiger partial charge < -0.3 is 9.67 Å². The van der Waals surface area contributed by atoms with Crippen molar-refractivity contribution in [2.75, 3.05) is 12.3 Å². The fraction of sp³-hybridized carbons (Fsp3) is 0.368. The second kappa shape index (κ2) is 12.0. The maximum Gasteiger partial charge on any atom is 0.136 e. The number of terminal acetylenes is 1. The van der Waals surface area contributed by atoms with Crippen LogP contribution in [0, 0.1) is 12.3 Å². The summed E-state index contributed by atoms with van der Waals surface area (Å²) in [6.07, 6.45) is 12.4. The number of thioether (sulfide) groups is 1. The zero-order chi connectivity index (χ0) is 19.5. The smallest absolute Gasteiger partial charge is 0.136 e. The van der Waals surface area contributed by atoms with Crippen molar-refractivity contribution >= 4 is 35.0 Å². The van der Waals surface area contributed by atoms with Crippen LogP contribution in [-0.4, -0.2) is 31.9 Å². The quantitative estimate of drug-likeness (QED) is 0.409. The van der Waals surface area contributed by atoms with Crippen molar-refractivity contribution in [1.82, 2.24) is 14.5 Å². The molecule has 2 aromatic rings. The number of alkyl halides is 2. The molecule has 0 bridgehead atoms. The zero-order valence-corrected chi connectivity index (χ0v) is 17.4. The predicted molar refractivity (Wildman–Crippen MR) is 111 cm³/mol. The summed E-state index contributed by atoms with van der Waals surface area (Å²) in [5.74, 6) is 3.86. The van der Waals surface area contributed by atoms with E-state index in [4.69, 9.17) is 18.0 Å². The third-order valence-corrected chi connectivity index (χ3v) is 4.70. The van der Waals surface area contributed by atoms with Gasteiger partial charge in [-0.25, -0.2) is 4.98 Å². The lowest BCUT2D eigenvalue weighted by Crippen LogP contribution is -2.07. The van der Waals surface area contributed by atoms with Crippen LogP contribution in [0.3, 0.4) is 0 Å². The van der Waals surface area contributed by atoms with Crippen LogP contribution in [-0.2, 0) is 13.2 Å². The Morgan fingerprint density at radius 3 is 2.54 bits per heavy atom. The summed E-state index contributed by atoms with van der Waals surface area (Å²) < 4.78 is 2.01. The van der Waals surface area contributed by atoms with Crippen LogP contribution in [0.15, 0.2) is 40.5 Å². The van der Waals surface area contributed by atoms with E-state index in [2.05, 4.69) is 41.3 Å². The molecule has 0 aliphatic carbocycles. The first-order valence-electron chi connectivity index (χ1n) is 7.98. The van der Waals surface area contributed by atoms with E-state index in [-0.39, 0.29) is 12.5 Å². The second-order valence-electron chi connectivity index (χ2n) is 5.44. The summed E-state index contributed by atoms with van der Waals surface area (Å²) in [6, 6.07) is 3.89. The topological polar surface area (TPSA) is 50.9 Å². The normalized spacial score (nSPS) is 11.1. The van der Waals surface area contributed by atoms with Crippen LogP contribution in [0.4, 0.5) is 0 Å². The van der Waals surface area contributed by atoms with Gasteiger partial charge >= 0.3 is 0 Å². The summed E-state index contributed by atoms with van der Waals surface area (Å²) in [4.78, 5) is 9.40. The van der Waals surface area contributed by atoms with Crippen molar-refractivity contribution in [1.29, 1.82) is 0 Å². The lowest BCUT2D eigenvalue weighted by atomic mass is 10.1. The molecule has 7 heteroatoms. The maximum atomic E-state index is 9.73. The van der Waals surface area contributed by atoms with Crippen molar-refractivity contribution in [2.24, 2.45) is 0 Å². The highest BCUT2D eigenvalue weighted by molar-refractivity contribution is 8.03. The lowest BCUT2D eigenvalue weighted by molar-refractivity contribution is 0.265. The minimum absolute atomic E-state index is 0.129. The van der Waals surface area contributed by atoms with Crippen molar-refractivity contribution < 1.29 is 5.11 Å². The highest BCUT2D eigenvalue weighted by Crippen LogP contribution is 2.34. The number of imidazole rings is 1. The van der Waals surface area contributed by atoms with Crippen molar-refractivity contribution in [3.8, 4) is 12.3 Å². The third-order valence-electron chi connectivity index (χ3n) is 3.42. The Morgan fingerprint density at radius 1 is 1.38 bits per heavy atom. The number of rotatable bonds is 7. The molecular formula is C19H23Cl2N3OS. The standard InChI is InChI=1S/C18H20ClN3OS.CH3Cl/c1-4-15(5-8-19)24-18-17(13(2)3)21-16(12-23)22(18)11-14-6-9-20-10-7-14;1-2/h1,5-7,9-10,13,23H,8,11-12H2,2-3H3;1H3/b15-5+;. The Labute approximate surface area is 169 Å². The molecule has 140 valence electrons. The molecule has 0 saturated heterocycles. The first-order valence-corrected chi connectivity index (χ1v) is 10.1. The van der Waals surface area contributed by atoms with E-state index in [1.54, 1.807) is 18.5 Å². The Morgan fingerprint density at radius 2 is 2.04 bits per heavy atom. The van der Waals surface area contributed by atoms with Crippen LogP contribution in [0.5, 0.6) is 0 Å². The number of nitrogens with zero attached hydrogens (tertiary/aromatic N) is 3. The van der Waals surface area contributed by atoms with Crippen molar-refractivity contribution in [3.05, 3.63) is 52.6 Å². The van der Waals surface area contributed by atoms with E-state index in [0.29, 0.717) is 18.2 Å². The molecule has 2 heterocycles. The van der Waals surface area contributed by atoms with E-state index in [1.807, 2.05) is 16.7 Å². The highest BCUT2D eigenvalue weighted by Gasteiger charge is 2.20. The van der Waals surface area contributed by atoms with E-state index >= 15 is 0 Å². The minimum Gasteiger partial charge on any atom is -0.388 e. The largest absolute Gasteiger partial charge is 0.388 e. The van der Waals surface area contributed by atoms with Gasteiger partial charge in [-0.15, -0.1) is 29.6 Å². The molecule has 0 aliphatic heterocycles. The third kappa shape index (κ3) is 6.07.